The molecule has 0 aromatic rings. The number of rotatable bonds is 1. The molecule has 3 atom stereocenters. The standard InChI is InChI=1S/C9H19N/c1-7-4-5-9(10-3)6-8(7)2/h7-10H,4-6H2,1-3H3/t7-,8+,9+/m0/s1. The molecule has 1 saturated carbocycles. The molecule has 1 N–H and O–H groups in total. The minimum atomic E-state index is 0.797. The van der Waals surface area contributed by atoms with Crippen LogP contribution >= 0.6 is 0 Å². The van der Waals surface area contributed by atoms with Gasteiger partial charge in [0.1, 0.15) is 0 Å². The normalized spacial score (nSPS) is 41.7. The molecule has 1 aliphatic rings. The minimum absolute atomic E-state index is 0.797. The summed E-state index contributed by atoms with van der Waals surface area (Å²) in [4.78, 5) is 0. The molecule has 0 heterocycles. The molecule has 0 bridgehead atoms. The lowest BCUT2D eigenvalue weighted by Crippen LogP contribution is -2.33. The molecule has 0 saturated heterocycles. The Kier molecular flexibility index (Phi) is 2.72. The topological polar surface area (TPSA) is 12.0 Å². The van der Waals surface area contributed by atoms with Crippen LogP contribution in [0.2, 0.25) is 0 Å². The molecule has 0 radical (unpaired) electrons. The fourth-order valence-corrected chi connectivity index (χ4v) is 1.81. The molecule has 0 aromatic carbocycles. The van der Waals surface area contributed by atoms with Crippen LogP contribution < -0.4 is 5.32 Å². The molecule has 0 unspecified atom stereocenters. The lowest BCUT2D eigenvalue weighted by Gasteiger charge is -2.31. The molecule has 1 aliphatic carbocycles. The zero-order valence-corrected chi connectivity index (χ0v) is 7.35. The molecule has 1 fully saturated rings. The fourth-order valence-electron chi connectivity index (χ4n) is 1.81. The van der Waals surface area contributed by atoms with Gasteiger partial charge in [0.15, 0.2) is 0 Å². The molecule has 60 valence electrons. The van der Waals surface area contributed by atoms with Crippen molar-refractivity contribution in [3.05, 3.63) is 0 Å². The van der Waals surface area contributed by atoms with Crippen molar-refractivity contribution in [3.8, 4) is 0 Å². The van der Waals surface area contributed by atoms with E-state index in [9.17, 15) is 0 Å². The van der Waals surface area contributed by atoms with Crippen LogP contribution in [0.15, 0.2) is 0 Å². The maximum atomic E-state index is 3.35. The van der Waals surface area contributed by atoms with Crippen molar-refractivity contribution in [2.45, 2.75) is 39.2 Å². The summed E-state index contributed by atoms with van der Waals surface area (Å²) in [7, 11) is 2.08. The highest BCUT2D eigenvalue weighted by atomic mass is 14.9. The second-order valence-electron chi connectivity index (χ2n) is 3.75. The van der Waals surface area contributed by atoms with Crippen molar-refractivity contribution < 1.29 is 0 Å². The summed E-state index contributed by atoms with van der Waals surface area (Å²) in [6.45, 7) is 4.74. The van der Waals surface area contributed by atoms with Crippen LogP contribution in [-0.2, 0) is 0 Å². The molecular formula is C9H19N. The second-order valence-corrected chi connectivity index (χ2v) is 3.75. The van der Waals surface area contributed by atoms with Gasteiger partial charge in [-0.2, -0.15) is 0 Å². The van der Waals surface area contributed by atoms with E-state index in [1.165, 1.54) is 19.3 Å². The number of nitrogens with one attached hydrogen (secondary N) is 1. The summed E-state index contributed by atoms with van der Waals surface area (Å²) in [6.07, 6.45) is 4.16. The van der Waals surface area contributed by atoms with Crippen molar-refractivity contribution in [1.29, 1.82) is 0 Å². The highest BCUT2D eigenvalue weighted by molar-refractivity contribution is 4.78. The highest BCUT2D eigenvalue weighted by Gasteiger charge is 2.22. The van der Waals surface area contributed by atoms with Gasteiger partial charge in [0, 0.05) is 6.04 Å². The molecule has 10 heavy (non-hydrogen) atoms. The van der Waals surface area contributed by atoms with E-state index in [0.717, 1.165) is 17.9 Å². The molecule has 1 nitrogen and oxygen atoms in total. The predicted octanol–water partition coefficient (Wildman–Crippen LogP) is 2.03. The Morgan fingerprint density at radius 1 is 1.10 bits per heavy atom. The Morgan fingerprint density at radius 2 is 1.80 bits per heavy atom. The molecule has 1 rings (SSSR count). The minimum Gasteiger partial charge on any atom is -0.317 e. The molecule has 1 heteroatoms. The van der Waals surface area contributed by atoms with Crippen LogP contribution in [0.4, 0.5) is 0 Å². The van der Waals surface area contributed by atoms with Crippen LogP contribution in [0, 0.1) is 11.8 Å². The third-order valence-electron chi connectivity index (χ3n) is 3.01. The van der Waals surface area contributed by atoms with E-state index in [1.807, 2.05) is 0 Å². The third-order valence-corrected chi connectivity index (χ3v) is 3.01. The van der Waals surface area contributed by atoms with E-state index in [1.54, 1.807) is 0 Å². The van der Waals surface area contributed by atoms with Crippen LogP contribution in [0.3, 0.4) is 0 Å². The van der Waals surface area contributed by atoms with E-state index in [-0.39, 0.29) is 0 Å². The zero-order chi connectivity index (χ0) is 7.56. The summed E-state index contributed by atoms with van der Waals surface area (Å²) in [5, 5.41) is 3.35. The van der Waals surface area contributed by atoms with Gasteiger partial charge in [0.05, 0.1) is 0 Å². The van der Waals surface area contributed by atoms with E-state index in [2.05, 4.69) is 26.2 Å². The van der Waals surface area contributed by atoms with Gasteiger partial charge in [0.2, 0.25) is 0 Å². The number of hydrogen-bond donors (Lipinski definition) is 1. The van der Waals surface area contributed by atoms with Crippen molar-refractivity contribution in [2.75, 3.05) is 7.05 Å². The Bertz CT molecular complexity index is 101. The molecule has 0 aromatic heterocycles. The second kappa shape index (κ2) is 3.38. The van der Waals surface area contributed by atoms with Crippen LogP contribution in [0.25, 0.3) is 0 Å². The Hall–Kier alpha value is -0.0400. The van der Waals surface area contributed by atoms with Crippen LogP contribution in [0.1, 0.15) is 33.1 Å². The monoisotopic (exact) mass is 141 g/mol. The van der Waals surface area contributed by atoms with Crippen molar-refractivity contribution in [2.24, 2.45) is 11.8 Å². The Labute approximate surface area is 64.2 Å². The maximum absolute atomic E-state index is 3.35. The van der Waals surface area contributed by atoms with Gasteiger partial charge in [-0.05, 0) is 38.1 Å². The zero-order valence-electron chi connectivity index (χ0n) is 7.35. The molecule has 0 aliphatic heterocycles. The summed E-state index contributed by atoms with van der Waals surface area (Å²) < 4.78 is 0. The highest BCUT2D eigenvalue weighted by Crippen LogP contribution is 2.28. The summed E-state index contributed by atoms with van der Waals surface area (Å²) in [6, 6.07) is 0.797. The van der Waals surface area contributed by atoms with E-state index < -0.39 is 0 Å². The molecular weight excluding hydrogens is 122 g/mol. The predicted molar refractivity (Wildman–Crippen MR) is 45.0 cm³/mol. The smallest absolute Gasteiger partial charge is 0.00668 e. The lowest BCUT2D eigenvalue weighted by molar-refractivity contribution is 0.233. The largest absolute Gasteiger partial charge is 0.317 e. The van der Waals surface area contributed by atoms with E-state index in [4.69, 9.17) is 0 Å². The first kappa shape index (κ1) is 8.06. The Balaban J connectivity index is 2.33. The van der Waals surface area contributed by atoms with Gasteiger partial charge < -0.3 is 5.32 Å². The number of hydrogen-bond acceptors (Lipinski definition) is 1. The maximum Gasteiger partial charge on any atom is 0.00668 e. The quantitative estimate of drug-likeness (QED) is 0.589. The van der Waals surface area contributed by atoms with Crippen LogP contribution in [0.5, 0.6) is 0 Å². The van der Waals surface area contributed by atoms with Gasteiger partial charge >= 0.3 is 0 Å². The van der Waals surface area contributed by atoms with Gasteiger partial charge in [-0.25, -0.2) is 0 Å². The van der Waals surface area contributed by atoms with E-state index in [0.29, 0.717) is 0 Å². The van der Waals surface area contributed by atoms with Crippen molar-refractivity contribution in [3.63, 3.8) is 0 Å². The Morgan fingerprint density at radius 3 is 2.30 bits per heavy atom. The van der Waals surface area contributed by atoms with Crippen molar-refractivity contribution in [1.82, 2.24) is 5.32 Å². The SMILES string of the molecule is CN[C@@H]1CC[C@H](C)[C@H](C)C1. The average molecular weight is 141 g/mol. The molecule has 0 amide bonds. The van der Waals surface area contributed by atoms with Gasteiger partial charge in [-0.3, -0.25) is 0 Å². The first-order valence-corrected chi connectivity index (χ1v) is 4.41. The first-order valence-electron chi connectivity index (χ1n) is 4.41. The van der Waals surface area contributed by atoms with Gasteiger partial charge in [-0.1, -0.05) is 13.8 Å². The average Bonchev–Trinajstić information content (AvgIpc) is 1.95. The fraction of sp³-hybridized carbons (Fsp3) is 1.00. The first-order chi connectivity index (χ1) is 4.74. The molecule has 0 spiro atoms. The van der Waals surface area contributed by atoms with Crippen LogP contribution in [-0.4, -0.2) is 13.1 Å². The third kappa shape index (κ3) is 1.72. The summed E-state index contributed by atoms with van der Waals surface area (Å²) in [5.74, 6) is 1.87. The van der Waals surface area contributed by atoms with Crippen molar-refractivity contribution >= 4 is 0 Å². The van der Waals surface area contributed by atoms with Gasteiger partial charge in [0.25, 0.3) is 0 Å². The summed E-state index contributed by atoms with van der Waals surface area (Å²) >= 11 is 0. The summed E-state index contributed by atoms with van der Waals surface area (Å²) in [5.41, 5.74) is 0. The van der Waals surface area contributed by atoms with E-state index >= 15 is 0 Å². The lowest BCUT2D eigenvalue weighted by atomic mass is 9.79. The van der Waals surface area contributed by atoms with Gasteiger partial charge in [-0.15, -0.1) is 0 Å².